The summed E-state index contributed by atoms with van der Waals surface area (Å²) in [5.74, 6) is -0.633. The molecule has 2 amide bonds. The summed E-state index contributed by atoms with van der Waals surface area (Å²) in [6.07, 6.45) is 3.20. The Labute approximate surface area is 106 Å². The molecule has 0 saturated heterocycles. The number of aromatic nitrogens is 2. The van der Waals surface area contributed by atoms with Gasteiger partial charge in [-0.1, -0.05) is 0 Å². The van der Waals surface area contributed by atoms with Gasteiger partial charge in [-0.05, 0) is 13.8 Å². The lowest BCUT2D eigenvalue weighted by atomic mass is 10.1. The predicted molar refractivity (Wildman–Crippen MR) is 66.4 cm³/mol. The molecule has 1 aromatic rings. The average molecular weight is 253 g/mol. The lowest BCUT2D eigenvalue weighted by Gasteiger charge is -2.16. The van der Waals surface area contributed by atoms with Gasteiger partial charge in [0.2, 0.25) is 11.8 Å². The molecule has 7 nitrogen and oxygen atoms in total. The topological polar surface area (TPSA) is 102 Å². The van der Waals surface area contributed by atoms with E-state index >= 15 is 0 Å². The molecule has 100 valence electrons. The maximum atomic E-state index is 11.8. The second-order valence-electron chi connectivity index (χ2n) is 4.05. The summed E-state index contributed by atoms with van der Waals surface area (Å²) < 4.78 is 1.57. The molecule has 0 aliphatic heterocycles. The van der Waals surface area contributed by atoms with E-state index in [2.05, 4.69) is 15.7 Å². The van der Waals surface area contributed by atoms with Crippen molar-refractivity contribution in [1.82, 2.24) is 20.4 Å². The molecule has 2 unspecified atom stereocenters. The normalized spacial score (nSPS) is 13.8. The van der Waals surface area contributed by atoms with E-state index in [1.807, 2.05) is 6.92 Å². The minimum Gasteiger partial charge on any atom is -0.355 e. The molecule has 0 bridgehead atoms. The van der Waals surface area contributed by atoms with Gasteiger partial charge in [0, 0.05) is 25.4 Å². The second-order valence-corrected chi connectivity index (χ2v) is 4.05. The SMILES string of the molecule is CCNC(=O)C(C)NC(=O)C(N)c1cnn(C)c1. The molecule has 2 atom stereocenters. The molecule has 0 aliphatic rings. The molecule has 4 N–H and O–H groups in total. The Morgan fingerprint density at radius 3 is 2.67 bits per heavy atom. The fourth-order valence-corrected chi connectivity index (χ4v) is 1.45. The van der Waals surface area contributed by atoms with Crippen LogP contribution in [0, 0.1) is 0 Å². The van der Waals surface area contributed by atoms with Gasteiger partial charge in [-0.25, -0.2) is 0 Å². The fourth-order valence-electron chi connectivity index (χ4n) is 1.45. The first-order valence-corrected chi connectivity index (χ1v) is 5.78. The highest BCUT2D eigenvalue weighted by molar-refractivity contribution is 5.89. The predicted octanol–water partition coefficient (Wildman–Crippen LogP) is -0.939. The first-order valence-electron chi connectivity index (χ1n) is 5.78. The van der Waals surface area contributed by atoms with Crippen molar-refractivity contribution in [3.8, 4) is 0 Å². The molecule has 0 radical (unpaired) electrons. The second kappa shape index (κ2) is 6.15. The van der Waals surface area contributed by atoms with Crippen molar-refractivity contribution < 1.29 is 9.59 Å². The van der Waals surface area contributed by atoms with Crippen LogP contribution in [-0.2, 0) is 16.6 Å². The van der Waals surface area contributed by atoms with Crippen LogP contribution in [0.2, 0.25) is 0 Å². The molecule has 7 heteroatoms. The molecule has 1 heterocycles. The largest absolute Gasteiger partial charge is 0.355 e. The van der Waals surface area contributed by atoms with Gasteiger partial charge in [0.05, 0.1) is 6.20 Å². The number of nitrogens with one attached hydrogen (secondary N) is 2. The minimum atomic E-state index is -0.824. The zero-order valence-corrected chi connectivity index (χ0v) is 10.8. The summed E-state index contributed by atoms with van der Waals surface area (Å²) >= 11 is 0. The Balaban J connectivity index is 2.57. The Bertz CT molecular complexity index is 429. The summed E-state index contributed by atoms with van der Waals surface area (Å²) in [6, 6.07) is -1.43. The first kappa shape index (κ1) is 14.2. The first-order chi connectivity index (χ1) is 8.45. The third kappa shape index (κ3) is 3.56. The number of carbonyl (C=O) groups excluding carboxylic acids is 2. The summed E-state index contributed by atoms with van der Waals surface area (Å²) in [6.45, 7) is 3.94. The Morgan fingerprint density at radius 1 is 1.50 bits per heavy atom. The van der Waals surface area contributed by atoms with Gasteiger partial charge in [0.1, 0.15) is 12.1 Å². The van der Waals surface area contributed by atoms with Crippen LogP contribution in [0.5, 0.6) is 0 Å². The average Bonchev–Trinajstić information content (AvgIpc) is 2.75. The van der Waals surface area contributed by atoms with E-state index in [4.69, 9.17) is 5.73 Å². The third-order valence-electron chi connectivity index (χ3n) is 2.47. The third-order valence-corrected chi connectivity index (χ3v) is 2.47. The van der Waals surface area contributed by atoms with Crippen molar-refractivity contribution in [2.24, 2.45) is 12.8 Å². The highest BCUT2D eigenvalue weighted by Crippen LogP contribution is 2.08. The van der Waals surface area contributed by atoms with Gasteiger partial charge in [-0.15, -0.1) is 0 Å². The van der Waals surface area contributed by atoms with Crippen molar-refractivity contribution in [2.75, 3.05) is 6.54 Å². The van der Waals surface area contributed by atoms with Crippen LogP contribution in [0.25, 0.3) is 0 Å². The number of hydrogen-bond donors (Lipinski definition) is 3. The lowest BCUT2D eigenvalue weighted by Crippen LogP contribution is -2.47. The molecule has 1 rings (SSSR count). The van der Waals surface area contributed by atoms with Gasteiger partial charge < -0.3 is 16.4 Å². The van der Waals surface area contributed by atoms with Crippen LogP contribution in [0.15, 0.2) is 12.4 Å². The van der Waals surface area contributed by atoms with E-state index in [0.29, 0.717) is 12.1 Å². The summed E-state index contributed by atoms with van der Waals surface area (Å²) in [4.78, 5) is 23.3. The van der Waals surface area contributed by atoms with Crippen LogP contribution in [0.3, 0.4) is 0 Å². The van der Waals surface area contributed by atoms with Gasteiger partial charge in [0.25, 0.3) is 0 Å². The van der Waals surface area contributed by atoms with E-state index in [1.54, 1.807) is 24.9 Å². The highest BCUT2D eigenvalue weighted by Gasteiger charge is 2.21. The van der Waals surface area contributed by atoms with Crippen molar-refractivity contribution in [2.45, 2.75) is 25.9 Å². The number of hydrogen-bond acceptors (Lipinski definition) is 4. The van der Waals surface area contributed by atoms with Gasteiger partial charge in [-0.2, -0.15) is 5.10 Å². The zero-order valence-electron chi connectivity index (χ0n) is 10.8. The highest BCUT2D eigenvalue weighted by atomic mass is 16.2. The number of nitrogens with two attached hydrogens (primary N) is 1. The fraction of sp³-hybridized carbons (Fsp3) is 0.545. The molecule has 18 heavy (non-hydrogen) atoms. The van der Waals surface area contributed by atoms with Crippen LogP contribution in [-0.4, -0.2) is 34.2 Å². The van der Waals surface area contributed by atoms with Crippen LogP contribution in [0.4, 0.5) is 0 Å². The maximum Gasteiger partial charge on any atom is 0.242 e. The van der Waals surface area contributed by atoms with E-state index in [0.717, 1.165) is 0 Å². The lowest BCUT2D eigenvalue weighted by molar-refractivity contribution is -0.129. The quantitative estimate of drug-likeness (QED) is 0.630. The van der Waals surface area contributed by atoms with Crippen LogP contribution in [0.1, 0.15) is 25.5 Å². The molecular weight excluding hydrogens is 234 g/mol. The van der Waals surface area contributed by atoms with Gasteiger partial charge in [0.15, 0.2) is 0 Å². The monoisotopic (exact) mass is 253 g/mol. The molecular formula is C11H19N5O2. The maximum absolute atomic E-state index is 11.8. The summed E-state index contributed by atoms with van der Waals surface area (Å²) in [7, 11) is 1.74. The number of amides is 2. The van der Waals surface area contributed by atoms with Crippen molar-refractivity contribution in [3.63, 3.8) is 0 Å². The number of carbonyl (C=O) groups is 2. The van der Waals surface area contributed by atoms with Crippen molar-refractivity contribution in [1.29, 1.82) is 0 Å². The Morgan fingerprint density at radius 2 is 2.17 bits per heavy atom. The van der Waals surface area contributed by atoms with E-state index in [9.17, 15) is 9.59 Å². The molecule has 0 fully saturated rings. The number of nitrogens with zero attached hydrogens (tertiary/aromatic N) is 2. The van der Waals surface area contributed by atoms with E-state index in [1.165, 1.54) is 6.20 Å². The number of likely N-dealkylation sites (N-methyl/N-ethyl adjacent to an activating group) is 1. The molecule has 0 aromatic carbocycles. The minimum absolute atomic E-state index is 0.232. The van der Waals surface area contributed by atoms with E-state index < -0.39 is 18.0 Å². The molecule has 0 aliphatic carbocycles. The van der Waals surface area contributed by atoms with Crippen LogP contribution >= 0.6 is 0 Å². The molecule has 1 aromatic heterocycles. The molecule has 0 spiro atoms. The number of rotatable bonds is 5. The standard InChI is InChI=1S/C11H19N5O2/c1-4-13-10(17)7(2)15-11(18)9(12)8-5-14-16(3)6-8/h5-7,9H,4,12H2,1-3H3,(H,13,17)(H,15,18). The van der Waals surface area contributed by atoms with Gasteiger partial charge >= 0.3 is 0 Å². The summed E-state index contributed by atoms with van der Waals surface area (Å²) in [5.41, 5.74) is 6.39. The summed E-state index contributed by atoms with van der Waals surface area (Å²) in [5, 5.41) is 9.12. The van der Waals surface area contributed by atoms with Crippen molar-refractivity contribution >= 4 is 11.8 Å². The van der Waals surface area contributed by atoms with Gasteiger partial charge in [-0.3, -0.25) is 14.3 Å². The zero-order chi connectivity index (χ0) is 13.7. The van der Waals surface area contributed by atoms with Crippen LogP contribution < -0.4 is 16.4 Å². The van der Waals surface area contributed by atoms with Crippen molar-refractivity contribution in [3.05, 3.63) is 18.0 Å². The Hall–Kier alpha value is -1.89. The van der Waals surface area contributed by atoms with E-state index in [-0.39, 0.29) is 5.91 Å². The number of aryl methyl sites for hydroxylation is 1. The smallest absolute Gasteiger partial charge is 0.242 e. The Kier molecular flexibility index (Phi) is 4.85. The molecule has 0 saturated carbocycles.